The third-order valence-electron chi connectivity index (χ3n) is 8.48. The first kappa shape index (κ1) is 26.7. The van der Waals surface area contributed by atoms with E-state index in [4.69, 9.17) is 28.6 Å². The molecule has 5 aromatic rings. The van der Waals surface area contributed by atoms with Crippen molar-refractivity contribution in [1.29, 1.82) is 0 Å². The highest BCUT2D eigenvalue weighted by Gasteiger charge is 2.26. The molecule has 5 heterocycles. The van der Waals surface area contributed by atoms with Crippen LogP contribution in [0.4, 0.5) is 0 Å². The van der Waals surface area contributed by atoms with Crippen LogP contribution in [0.2, 0.25) is 0 Å². The van der Waals surface area contributed by atoms with Crippen molar-refractivity contribution < 1.29 is 23.4 Å². The zero-order valence-corrected chi connectivity index (χ0v) is 23.7. The van der Waals surface area contributed by atoms with Gasteiger partial charge in [-0.15, -0.1) is 0 Å². The Labute approximate surface area is 244 Å². The number of esters is 1. The number of ether oxygens (including phenoxy) is 3. The monoisotopic (exact) mass is 566 g/mol. The number of piperidine rings is 1. The number of fused-ring (bicyclic) bond motifs is 2. The van der Waals surface area contributed by atoms with Crippen molar-refractivity contribution in [1.82, 2.24) is 19.4 Å². The van der Waals surface area contributed by atoms with Gasteiger partial charge in [-0.25, -0.2) is 14.8 Å². The number of hydrogen-bond acceptors (Lipinski definition) is 8. The number of carbonyl (C=O) groups is 1. The highest BCUT2D eigenvalue weighted by molar-refractivity contribution is 5.93. The van der Waals surface area contributed by atoms with Gasteiger partial charge in [-0.1, -0.05) is 24.3 Å². The Kier molecular flexibility index (Phi) is 7.36. The van der Waals surface area contributed by atoms with Crippen LogP contribution in [0.15, 0.2) is 71.3 Å². The molecule has 0 spiro atoms. The Morgan fingerprint density at radius 1 is 1.02 bits per heavy atom. The minimum Gasteiger partial charge on any atom is -0.473 e. The molecule has 1 atom stereocenters. The summed E-state index contributed by atoms with van der Waals surface area (Å²) in [7, 11) is 1.41. The number of nitrogens with zero attached hydrogens (tertiary/aromatic N) is 4. The lowest BCUT2D eigenvalue weighted by molar-refractivity contribution is -0.0592. The molecule has 9 nitrogen and oxygen atoms in total. The molecule has 0 unspecified atom stereocenters. The molecule has 42 heavy (non-hydrogen) atoms. The summed E-state index contributed by atoms with van der Waals surface area (Å²) in [5.41, 5.74) is 5.32. The number of pyridine rings is 1. The minimum absolute atomic E-state index is 0.182. The first-order valence-corrected chi connectivity index (χ1v) is 14.6. The number of hydrogen-bond donors (Lipinski definition) is 0. The zero-order chi connectivity index (χ0) is 28.5. The van der Waals surface area contributed by atoms with Crippen molar-refractivity contribution in [3.63, 3.8) is 0 Å². The molecule has 2 fully saturated rings. The topological polar surface area (TPSA) is 91.9 Å². The number of rotatable bonds is 9. The highest BCUT2D eigenvalue weighted by atomic mass is 16.5. The van der Waals surface area contributed by atoms with Crippen molar-refractivity contribution in [3.8, 4) is 5.88 Å². The lowest BCUT2D eigenvalue weighted by Crippen LogP contribution is -2.35. The Morgan fingerprint density at radius 3 is 2.69 bits per heavy atom. The fourth-order valence-electron chi connectivity index (χ4n) is 6.00. The van der Waals surface area contributed by atoms with Gasteiger partial charge in [0, 0.05) is 35.2 Å². The van der Waals surface area contributed by atoms with Gasteiger partial charge in [-0.2, -0.15) is 0 Å². The van der Waals surface area contributed by atoms with E-state index in [9.17, 15) is 4.79 Å². The third-order valence-corrected chi connectivity index (χ3v) is 8.48. The number of likely N-dealkylation sites (tertiary alicyclic amines) is 1. The standard InChI is InChI=1S/C33H34N4O5/c1-39-33(38)23-9-10-28-29(17-23)37(18-25-13-16-40-25)31(34-28)19-36-14-11-22(12-15-36)27-6-4-8-32(35-27)42-21-24-20-41-30-7-3-2-5-26(24)30/h2-10,17,20,22,25H,11-16,18-19,21H2,1H3/t25-/m0/s1. The Morgan fingerprint density at radius 2 is 1.88 bits per heavy atom. The van der Waals surface area contributed by atoms with E-state index in [1.807, 2.05) is 48.5 Å². The Bertz CT molecular complexity index is 1710. The molecule has 2 aliphatic heterocycles. The molecule has 0 N–H and O–H groups in total. The van der Waals surface area contributed by atoms with Gasteiger partial charge in [0.15, 0.2) is 0 Å². The lowest BCUT2D eigenvalue weighted by atomic mass is 9.93. The maximum atomic E-state index is 12.2. The van der Waals surface area contributed by atoms with E-state index < -0.39 is 0 Å². The summed E-state index contributed by atoms with van der Waals surface area (Å²) in [6.07, 6.45) is 5.01. The van der Waals surface area contributed by atoms with E-state index in [0.29, 0.717) is 24.0 Å². The van der Waals surface area contributed by atoms with E-state index in [-0.39, 0.29) is 12.1 Å². The number of benzene rings is 2. The summed E-state index contributed by atoms with van der Waals surface area (Å²) >= 11 is 0. The summed E-state index contributed by atoms with van der Waals surface area (Å²) in [6, 6.07) is 19.6. The van der Waals surface area contributed by atoms with Gasteiger partial charge in [0.1, 0.15) is 18.0 Å². The van der Waals surface area contributed by atoms with Gasteiger partial charge in [0.05, 0.1) is 49.2 Å². The Hall–Kier alpha value is -4.21. The molecule has 9 heteroatoms. The summed E-state index contributed by atoms with van der Waals surface area (Å²) in [5.74, 6) is 1.68. The predicted octanol–water partition coefficient (Wildman–Crippen LogP) is 5.71. The quantitative estimate of drug-likeness (QED) is 0.210. The van der Waals surface area contributed by atoms with E-state index in [0.717, 1.165) is 91.1 Å². The molecule has 0 bridgehead atoms. The van der Waals surface area contributed by atoms with Gasteiger partial charge in [-0.3, -0.25) is 4.90 Å². The molecule has 2 saturated heterocycles. The van der Waals surface area contributed by atoms with Crippen LogP contribution in [0.1, 0.15) is 52.6 Å². The molecule has 0 aliphatic carbocycles. The predicted molar refractivity (Wildman–Crippen MR) is 157 cm³/mol. The van der Waals surface area contributed by atoms with Gasteiger partial charge >= 0.3 is 5.97 Å². The van der Waals surface area contributed by atoms with Crippen molar-refractivity contribution >= 4 is 28.0 Å². The van der Waals surface area contributed by atoms with E-state index in [2.05, 4.69) is 15.5 Å². The van der Waals surface area contributed by atoms with E-state index in [1.165, 1.54) is 7.11 Å². The second kappa shape index (κ2) is 11.6. The largest absolute Gasteiger partial charge is 0.473 e. The van der Waals surface area contributed by atoms with Crippen molar-refractivity contribution in [3.05, 3.63) is 89.6 Å². The van der Waals surface area contributed by atoms with E-state index >= 15 is 0 Å². The van der Waals surface area contributed by atoms with Gasteiger partial charge in [-0.05, 0) is 62.7 Å². The normalized spacial score (nSPS) is 17.9. The minimum atomic E-state index is -0.341. The summed E-state index contributed by atoms with van der Waals surface area (Å²) in [6.45, 7) is 4.60. The van der Waals surface area contributed by atoms with Crippen LogP contribution in [0, 0.1) is 0 Å². The third kappa shape index (κ3) is 5.37. The zero-order valence-electron chi connectivity index (χ0n) is 23.7. The summed E-state index contributed by atoms with van der Waals surface area (Å²) < 4.78 is 24.6. The van der Waals surface area contributed by atoms with Crippen LogP contribution in [-0.4, -0.2) is 58.3 Å². The second-order valence-corrected chi connectivity index (χ2v) is 11.1. The van der Waals surface area contributed by atoms with Crippen molar-refractivity contribution in [2.45, 2.75) is 51.0 Å². The average molecular weight is 567 g/mol. The van der Waals surface area contributed by atoms with Gasteiger partial charge < -0.3 is 23.2 Å². The van der Waals surface area contributed by atoms with Crippen LogP contribution >= 0.6 is 0 Å². The summed E-state index contributed by atoms with van der Waals surface area (Å²) in [4.78, 5) is 24.5. The summed E-state index contributed by atoms with van der Waals surface area (Å²) in [5, 5.41) is 1.07. The first-order chi connectivity index (χ1) is 20.6. The van der Waals surface area contributed by atoms with Crippen LogP contribution in [-0.2, 0) is 29.2 Å². The first-order valence-electron chi connectivity index (χ1n) is 14.6. The molecular formula is C33H34N4O5. The molecule has 0 radical (unpaired) electrons. The number of furan rings is 1. The lowest BCUT2D eigenvalue weighted by Gasteiger charge is -2.32. The SMILES string of the molecule is COC(=O)c1ccc2nc(CN3CCC(c4cccc(OCc5coc6ccccc56)n4)CC3)n(C[C@@H]3CCO3)c2c1. The fraction of sp³-hybridized carbons (Fsp3) is 0.364. The number of para-hydroxylation sites is 1. The number of aromatic nitrogens is 3. The molecular weight excluding hydrogens is 532 g/mol. The average Bonchev–Trinajstić information content (AvgIpc) is 3.58. The van der Waals surface area contributed by atoms with Crippen LogP contribution in [0.25, 0.3) is 22.0 Å². The highest BCUT2D eigenvalue weighted by Crippen LogP contribution is 2.30. The number of carbonyl (C=O) groups excluding carboxylic acids is 1. The molecule has 0 saturated carbocycles. The number of imidazole rings is 1. The van der Waals surface area contributed by atoms with Gasteiger partial charge in [0.2, 0.25) is 5.88 Å². The van der Waals surface area contributed by atoms with Crippen LogP contribution < -0.4 is 4.74 Å². The van der Waals surface area contributed by atoms with Gasteiger partial charge in [0.25, 0.3) is 0 Å². The van der Waals surface area contributed by atoms with Crippen molar-refractivity contribution in [2.24, 2.45) is 0 Å². The molecule has 0 amide bonds. The molecule has 216 valence electrons. The van der Waals surface area contributed by atoms with Crippen LogP contribution in [0.3, 0.4) is 0 Å². The maximum Gasteiger partial charge on any atom is 0.337 e. The molecule has 7 rings (SSSR count). The van der Waals surface area contributed by atoms with Crippen molar-refractivity contribution in [2.75, 3.05) is 26.8 Å². The van der Waals surface area contributed by atoms with Crippen LogP contribution in [0.5, 0.6) is 5.88 Å². The second-order valence-electron chi connectivity index (χ2n) is 11.1. The maximum absolute atomic E-state index is 12.2. The van der Waals surface area contributed by atoms with E-state index in [1.54, 1.807) is 12.3 Å². The Balaban J connectivity index is 1.01. The fourth-order valence-corrected chi connectivity index (χ4v) is 6.00. The number of methoxy groups -OCH3 is 1. The smallest absolute Gasteiger partial charge is 0.337 e. The molecule has 2 aromatic carbocycles. The molecule has 2 aliphatic rings. The molecule has 3 aromatic heterocycles.